The fourth-order valence-electron chi connectivity index (χ4n) is 11.5. The molecule has 69 heavy (non-hydrogen) atoms. The van der Waals surface area contributed by atoms with Crippen LogP contribution in [0.2, 0.25) is 0 Å². The average molecular weight is 922 g/mol. The molecule has 3 nitrogen and oxygen atoms in total. The topological polar surface area (TPSA) is 9.72 Å². The summed E-state index contributed by atoms with van der Waals surface area (Å²) >= 11 is 2.00. The fraction of sp³-hybridized carbons (Fsp3) is 0.312. The van der Waals surface area contributed by atoms with E-state index in [1.165, 1.54) is 87.7 Å². The van der Waals surface area contributed by atoms with E-state index >= 15 is 0 Å². The summed E-state index contributed by atoms with van der Waals surface area (Å²) < 4.78 is 2.74. The number of benzene rings is 7. The number of thiophene rings is 1. The van der Waals surface area contributed by atoms with Crippen LogP contribution in [0.3, 0.4) is 0 Å². The SMILES string of the molecule is CC(C)(C)c1ccc(N2c3cc4c(cc3B3c5sc6ccc(C(C)(C)C)cc6c5N(c5ccc(C(C)(C)C)cc5)c5cc(N(c6ccccc6)c6ccccc6)cc2c53)C(C)(C)CCC4(C)C)cc1. The molecule has 3 heterocycles. The van der Waals surface area contributed by atoms with Gasteiger partial charge in [-0.3, -0.25) is 0 Å². The zero-order valence-corrected chi connectivity index (χ0v) is 44.0. The largest absolute Gasteiger partial charge is 0.311 e. The number of rotatable bonds is 5. The molecule has 1 aliphatic carbocycles. The molecular weight excluding hydrogens is 854 g/mol. The molecule has 3 aliphatic rings. The molecule has 2 aliphatic heterocycles. The van der Waals surface area contributed by atoms with Crippen LogP contribution in [0.5, 0.6) is 0 Å². The van der Waals surface area contributed by atoms with Crippen molar-refractivity contribution in [1.82, 2.24) is 0 Å². The van der Waals surface area contributed by atoms with Crippen LogP contribution in [0, 0.1) is 0 Å². The van der Waals surface area contributed by atoms with Gasteiger partial charge in [-0.05, 0) is 158 Å². The van der Waals surface area contributed by atoms with Crippen molar-refractivity contribution < 1.29 is 0 Å². The monoisotopic (exact) mass is 922 g/mol. The van der Waals surface area contributed by atoms with Crippen molar-refractivity contribution in [2.24, 2.45) is 0 Å². The molecule has 0 fully saturated rings. The summed E-state index contributed by atoms with van der Waals surface area (Å²) in [6, 6.07) is 58.5. The second kappa shape index (κ2) is 15.7. The van der Waals surface area contributed by atoms with Gasteiger partial charge in [0.2, 0.25) is 0 Å². The van der Waals surface area contributed by atoms with Crippen molar-refractivity contribution in [1.29, 1.82) is 0 Å². The Morgan fingerprint density at radius 2 is 0.942 bits per heavy atom. The van der Waals surface area contributed by atoms with Gasteiger partial charge in [0.1, 0.15) is 0 Å². The second-order valence-electron chi connectivity index (χ2n) is 24.6. The molecule has 7 aromatic carbocycles. The Kier molecular flexibility index (Phi) is 10.4. The molecule has 0 amide bonds. The van der Waals surface area contributed by atoms with Gasteiger partial charge in [0, 0.05) is 54.7 Å². The Morgan fingerprint density at radius 3 is 1.45 bits per heavy atom. The van der Waals surface area contributed by atoms with Crippen molar-refractivity contribution >= 4 is 95.0 Å². The van der Waals surface area contributed by atoms with E-state index in [4.69, 9.17) is 0 Å². The Labute approximate surface area is 416 Å². The smallest absolute Gasteiger partial charge is 0.264 e. The zero-order valence-electron chi connectivity index (χ0n) is 43.2. The minimum absolute atomic E-state index is 0.00720. The molecule has 1 aromatic heterocycles. The maximum atomic E-state index is 2.68. The van der Waals surface area contributed by atoms with Gasteiger partial charge < -0.3 is 14.7 Å². The highest BCUT2D eigenvalue weighted by Crippen LogP contribution is 2.54. The Balaban J connectivity index is 1.31. The molecule has 0 saturated heterocycles. The molecule has 0 radical (unpaired) electrons. The number of anilines is 9. The van der Waals surface area contributed by atoms with Gasteiger partial charge in [-0.15, -0.1) is 11.3 Å². The third-order valence-electron chi connectivity index (χ3n) is 15.8. The fourth-order valence-corrected chi connectivity index (χ4v) is 12.8. The van der Waals surface area contributed by atoms with Crippen LogP contribution >= 0.6 is 11.3 Å². The highest BCUT2D eigenvalue weighted by Gasteiger charge is 2.48. The van der Waals surface area contributed by atoms with Crippen molar-refractivity contribution in [3.05, 3.63) is 179 Å². The third-order valence-corrected chi connectivity index (χ3v) is 17.0. The van der Waals surface area contributed by atoms with Crippen molar-refractivity contribution in [3.8, 4) is 0 Å². The van der Waals surface area contributed by atoms with Crippen LogP contribution in [-0.2, 0) is 27.1 Å². The maximum absolute atomic E-state index is 2.68. The maximum Gasteiger partial charge on any atom is 0.264 e. The van der Waals surface area contributed by atoms with Gasteiger partial charge in [-0.2, -0.15) is 0 Å². The minimum atomic E-state index is -0.0150. The molecular formula is C64H68BN3S. The molecule has 0 bridgehead atoms. The minimum Gasteiger partial charge on any atom is -0.311 e. The highest BCUT2D eigenvalue weighted by atomic mass is 32.1. The van der Waals surface area contributed by atoms with Crippen LogP contribution in [0.1, 0.15) is 131 Å². The van der Waals surface area contributed by atoms with E-state index in [1.807, 2.05) is 11.3 Å². The first-order chi connectivity index (χ1) is 32.6. The van der Waals surface area contributed by atoms with Crippen molar-refractivity contribution in [2.75, 3.05) is 14.7 Å². The molecule has 8 aromatic rings. The van der Waals surface area contributed by atoms with Crippen LogP contribution in [0.4, 0.5) is 51.2 Å². The van der Waals surface area contributed by atoms with Gasteiger partial charge in [-0.1, -0.05) is 163 Å². The summed E-state index contributed by atoms with van der Waals surface area (Å²) in [5.74, 6) is 0. The van der Waals surface area contributed by atoms with Gasteiger partial charge >= 0.3 is 0 Å². The summed E-state index contributed by atoms with van der Waals surface area (Å²) in [5.41, 5.74) is 20.6. The molecule has 0 unspecified atom stereocenters. The van der Waals surface area contributed by atoms with E-state index in [1.54, 1.807) is 0 Å². The first kappa shape index (κ1) is 45.4. The van der Waals surface area contributed by atoms with Gasteiger partial charge in [0.05, 0.1) is 11.4 Å². The van der Waals surface area contributed by atoms with Crippen molar-refractivity contribution in [2.45, 2.75) is 130 Å². The highest BCUT2D eigenvalue weighted by molar-refractivity contribution is 7.33. The predicted molar refractivity (Wildman–Crippen MR) is 302 cm³/mol. The standard InChI is InChI=1S/C64H68BN3S/c1-60(2,3)41-24-29-46(30-25-41)67-53-40-51-50(63(10,11)34-35-64(51,12)13)39-52(53)65-57-54(67)37-48(66(44-20-16-14-17-21-44)45-22-18-15-19-23-45)38-55(57)68(47-31-26-42(27-32-47)61(4,5)6)58-49-36-43(62(7,8)9)28-33-56(49)69-59(58)65/h14-33,36-40H,34-35H2,1-13H3. The number of hydrogen-bond acceptors (Lipinski definition) is 4. The Hall–Kier alpha value is -6.04. The summed E-state index contributed by atoms with van der Waals surface area (Å²) in [4.78, 5) is 7.75. The number of para-hydroxylation sites is 2. The number of hydrogen-bond donors (Lipinski definition) is 0. The molecule has 0 spiro atoms. The summed E-state index contributed by atoms with van der Waals surface area (Å²) in [6.07, 6.45) is 2.32. The van der Waals surface area contributed by atoms with E-state index in [2.05, 4.69) is 256 Å². The molecule has 5 heteroatoms. The van der Waals surface area contributed by atoms with E-state index in [0.29, 0.717) is 0 Å². The van der Waals surface area contributed by atoms with Crippen molar-refractivity contribution in [3.63, 3.8) is 0 Å². The van der Waals surface area contributed by atoms with E-state index < -0.39 is 0 Å². The van der Waals surface area contributed by atoms with Crippen LogP contribution < -0.4 is 30.4 Å². The van der Waals surface area contributed by atoms with Gasteiger partial charge in [0.15, 0.2) is 0 Å². The number of fused-ring (bicyclic) bond motifs is 7. The van der Waals surface area contributed by atoms with Crippen LogP contribution in [0.15, 0.2) is 152 Å². The average Bonchev–Trinajstić information content (AvgIpc) is 3.69. The molecule has 0 atom stereocenters. The third kappa shape index (κ3) is 7.53. The zero-order chi connectivity index (χ0) is 48.6. The van der Waals surface area contributed by atoms with Gasteiger partial charge in [0.25, 0.3) is 6.71 Å². The Morgan fingerprint density at radius 1 is 0.478 bits per heavy atom. The molecule has 0 N–H and O–H groups in total. The first-order valence-electron chi connectivity index (χ1n) is 25.3. The van der Waals surface area contributed by atoms with E-state index in [9.17, 15) is 0 Å². The molecule has 11 rings (SSSR count). The van der Waals surface area contributed by atoms with E-state index in [-0.39, 0.29) is 33.8 Å². The van der Waals surface area contributed by atoms with Gasteiger partial charge in [-0.25, -0.2) is 0 Å². The lowest BCUT2D eigenvalue weighted by Crippen LogP contribution is -2.61. The summed E-state index contributed by atoms with van der Waals surface area (Å²) in [5, 5.41) is 1.32. The first-order valence-corrected chi connectivity index (χ1v) is 26.1. The Bertz CT molecular complexity index is 3230. The predicted octanol–water partition coefficient (Wildman–Crippen LogP) is 16.7. The second-order valence-corrected chi connectivity index (χ2v) is 25.7. The van der Waals surface area contributed by atoms with Crippen LogP contribution in [0.25, 0.3) is 10.1 Å². The normalized spacial score (nSPS) is 15.9. The number of nitrogens with zero attached hydrogens (tertiary/aromatic N) is 3. The quantitative estimate of drug-likeness (QED) is 0.159. The van der Waals surface area contributed by atoms with Crippen LogP contribution in [-0.4, -0.2) is 6.71 Å². The molecule has 348 valence electrons. The molecule has 0 saturated carbocycles. The summed E-state index contributed by atoms with van der Waals surface area (Å²) in [6.45, 7) is 30.8. The lowest BCUT2D eigenvalue weighted by atomic mass is 9.35. The lowest BCUT2D eigenvalue weighted by Gasteiger charge is -2.47. The lowest BCUT2D eigenvalue weighted by molar-refractivity contribution is 0.332. The van der Waals surface area contributed by atoms with E-state index in [0.717, 1.165) is 29.9 Å². The summed E-state index contributed by atoms with van der Waals surface area (Å²) in [7, 11) is 0.